The predicted octanol–water partition coefficient (Wildman–Crippen LogP) is 1.38. The van der Waals surface area contributed by atoms with Gasteiger partial charge >= 0.3 is 12.1 Å². The van der Waals surface area contributed by atoms with Gasteiger partial charge in [0.25, 0.3) is 0 Å². The topological polar surface area (TPSA) is 140 Å². The summed E-state index contributed by atoms with van der Waals surface area (Å²) in [6.07, 6.45) is -0.786. The summed E-state index contributed by atoms with van der Waals surface area (Å²) in [7, 11) is 1.23. The number of thiol groups is 1. The molecule has 0 unspecified atom stereocenters. The minimum absolute atomic E-state index is 0.0436. The van der Waals surface area contributed by atoms with E-state index < -0.39 is 42.0 Å². The Labute approximate surface area is 204 Å². The summed E-state index contributed by atoms with van der Waals surface area (Å²) in [6.45, 7) is 4.96. The molecule has 3 N–H and O–H groups in total. The van der Waals surface area contributed by atoms with E-state index in [4.69, 9.17) is 4.74 Å². The van der Waals surface area contributed by atoms with Gasteiger partial charge in [-0.15, -0.1) is 0 Å². The van der Waals surface area contributed by atoms with Crippen LogP contribution >= 0.6 is 12.6 Å². The highest BCUT2D eigenvalue weighted by Gasteiger charge is 2.29. The van der Waals surface area contributed by atoms with Gasteiger partial charge in [-0.2, -0.15) is 12.6 Å². The van der Waals surface area contributed by atoms with E-state index in [1.165, 1.54) is 14.0 Å². The number of nitrogens with one attached hydrogen (secondary N) is 3. The van der Waals surface area contributed by atoms with Gasteiger partial charge < -0.3 is 25.4 Å². The molecule has 0 saturated carbocycles. The third-order valence-corrected chi connectivity index (χ3v) is 5.22. The largest absolute Gasteiger partial charge is 0.469 e. The molecule has 0 spiro atoms. The van der Waals surface area contributed by atoms with Crippen molar-refractivity contribution in [3.8, 4) is 0 Å². The standard InChI is InChI=1S/C23H33N3O7S/c1-14(2)20(26-23(31)33-12-16-8-6-5-7-9-16)22(30)24-15(3)21(29)25-17(18(27)13-34)10-11-19(28)32-4/h5-9,14-15,17,20,34H,10-13H2,1-4H3,(H,24,30)(H,25,29)(H,26,31)/t15-,17-,20-/m0/s1. The lowest BCUT2D eigenvalue weighted by atomic mass is 10.0. The number of benzene rings is 1. The van der Waals surface area contributed by atoms with Crippen LogP contribution in [0.2, 0.25) is 0 Å². The molecule has 0 aromatic heterocycles. The fraction of sp³-hybridized carbons (Fsp3) is 0.522. The Balaban J connectivity index is 2.67. The average Bonchev–Trinajstić information content (AvgIpc) is 2.82. The first-order chi connectivity index (χ1) is 16.1. The lowest BCUT2D eigenvalue weighted by Crippen LogP contribution is -2.56. The van der Waals surface area contributed by atoms with Crippen molar-refractivity contribution in [3.05, 3.63) is 35.9 Å². The smallest absolute Gasteiger partial charge is 0.408 e. The van der Waals surface area contributed by atoms with E-state index in [1.54, 1.807) is 26.0 Å². The van der Waals surface area contributed by atoms with E-state index >= 15 is 0 Å². The molecule has 1 aromatic rings. The van der Waals surface area contributed by atoms with Crippen LogP contribution in [0, 0.1) is 5.92 Å². The van der Waals surface area contributed by atoms with Crippen LogP contribution in [-0.2, 0) is 35.3 Å². The summed E-state index contributed by atoms with van der Waals surface area (Å²) in [5.41, 5.74) is 0.797. The molecule has 10 nitrogen and oxygen atoms in total. The lowest BCUT2D eigenvalue weighted by molar-refractivity contribution is -0.141. The number of esters is 1. The van der Waals surface area contributed by atoms with E-state index in [1.807, 2.05) is 18.2 Å². The third-order valence-electron chi connectivity index (χ3n) is 4.91. The SMILES string of the molecule is COC(=O)CC[C@H](NC(=O)[C@H](C)NC(=O)[C@@H](NC(=O)OCc1ccccc1)C(C)C)C(=O)CS. The summed E-state index contributed by atoms with van der Waals surface area (Å²) in [4.78, 5) is 61.0. The molecule has 3 atom stereocenters. The number of ketones is 1. The van der Waals surface area contributed by atoms with E-state index in [2.05, 4.69) is 33.3 Å². The zero-order valence-electron chi connectivity index (χ0n) is 19.8. The fourth-order valence-corrected chi connectivity index (χ4v) is 3.10. The molecule has 0 aliphatic heterocycles. The molecular weight excluding hydrogens is 462 g/mol. The van der Waals surface area contributed by atoms with E-state index in [0.717, 1.165) is 5.56 Å². The zero-order chi connectivity index (χ0) is 25.7. The Hall–Kier alpha value is -3.08. The van der Waals surface area contributed by atoms with Crippen LogP contribution in [0.3, 0.4) is 0 Å². The number of Topliss-reactive ketones (excluding diaryl/α,β-unsaturated/α-hetero) is 1. The molecule has 34 heavy (non-hydrogen) atoms. The van der Waals surface area contributed by atoms with Gasteiger partial charge in [0.15, 0.2) is 5.78 Å². The molecule has 11 heteroatoms. The van der Waals surface area contributed by atoms with Crippen LogP contribution in [0.4, 0.5) is 4.79 Å². The molecule has 1 aromatic carbocycles. The van der Waals surface area contributed by atoms with Crippen LogP contribution in [0.1, 0.15) is 39.2 Å². The van der Waals surface area contributed by atoms with Crippen molar-refractivity contribution in [1.82, 2.24) is 16.0 Å². The summed E-state index contributed by atoms with van der Waals surface area (Å²) >= 11 is 3.93. The number of alkyl carbamates (subject to hydrolysis) is 1. The lowest BCUT2D eigenvalue weighted by Gasteiger charge is -2.24. The van der Waals surface area contributed by atoms with Gasteiger partial charge in [0, 0.05) is 6.42 Å². The molecule has 0 aliphatic rings. The normalized spacial score (nSPS) is 13.2. The van der Waals surface area contributed by atoms with Crippen molar-refractivity contribution in [2.45, 2.75) is 58.3 Å². The first kappa shape index (κ1) is 29.0. The zero-order valence-corrected chi connectivity index (χ0v) is 20.7. The van der Waals surface area contributed by atoms with Crippen molar-refractivity contribution in [1.29, 1.82) is 0 Å². The second-order valence-corrected chi connectivity index (χ2v) is 8.27. The molecule has 0 fully saturated rings. The maximum absolute atomic E-state index is 12.7. The number of carbonyl (C=O) groups is 5. The highest BCUT2D eigenvalue weighted by Crippen LogP contribution is 2.06. The second kappa shape index (κ2) is 14.9. The second-order valence-electron chi connectivity index (χ2n) is 7.96. The summed E-state index contributed by atoms with van der Waals surface area (Å²) in [6, 6.07) is 6.17. The minimum Gasteiger partial charge on any atom is -0.469 e. The van der Waals surface area contributed by atoms with Gasteiger partial charge in [0.1, 0.15) is 18.7 Å². The Kier molecular flexibility index (Phi) is 12.7. The van der Waals surface area contributed by atoms with Crippen LogP contribution in [0.5, 0.6) is 0 Å². The summed E-state index contributed by atoms with van der Waals surface area (Å²) < 4.78 is 9.72. The fourth-order valence-electron chi connectivity index (χ4n) is 2.88. The number of ether oxygens (including phenoxy) is 2. The highest BCUT2D eigenvalue weighted by molar-refractivity contribution is 7.81. The van der Waals surface area contributed by atoms with Gasteiger partial charge in [0.2, 0.25) is 11.8 Å². The average molecular weight is 496 g/mol. The minimum atomic E-state index is -1.01. The maximum atomic E-state index is 12.7. The van der Waals surface area contributed by atoms with Crippen LogP contribution in [0.15, 0.2) is 30.3 Å². The summed E-state index contributed by atoms with van der Waals surface area (Å²) in [5, 5.41) is 7.58. The quantitative estimate of drug-likeness (QED) is 0.239. The monoisotopic (exact) mass is 495 g/mol. The number of amides is 3. The molecule has 0 radical (unpaired) electrons. The molecule has 0 heterocycles. The Morgan fingerprint density at radius 2 is 1.59 bits per heavy atom. The summed E-state index contributed by atoms with van der Waals surface area (Å²) in [5.74, 6) is -2.51. The van der Waals surface area contributed by atoms with Crippen molar-refractivity contribution in [2.75, 3.05) is 12.9 Å². The van der Waals surface area contributed by atoms with Crippen LogP contribution < -0.4 is 16.0 Å². The molecule has 0 bridgehead atoms. The van der Waals surface area contributed by atoms with E-state index in [9.17, 15) is 24.0 Å². The van der Waals surface area contributed by atoms with Crippen molar-refractivity contribution in [3.63, 3.8) is 0 Å². The Morgan fingerprint density at radius 1 is 0.941 bits per heavy atom. The van der Waals surface area contributed by atoms with E-state index in [-0.39, 0.29) is 36.9 Å². The van der Waals surface area contributed by atoms with Gasteiger partial charge in [-0.05, 0) is 24.8 Å². The van der Waals surface area contributed by atoms with Gasteiger partial charge in [0.05, 0.1) is 18.9 Å². The number of rotatable bonds is 13. The first-order valence-corrected chi connectivity index (χ1v) is 11.5. The van der Waals surface area contributed by atoms with Crippen molar-refractivity contribution in [2.24, 2.45) is 5.92 Å². The number of hydrogen-bond acceptors (Lipinski definition) is 8. The van der Waals surface area contributed by atoms with E-state index in [0.29, 0.717) is 0 Å². The first-order valence-electron chi connectivity index (χ1n) is 10.9. The molecule has 1 rings (SSSR count). The van der Waals surface area contributed by atoms with Gasteiger partial charge in [-0.25, -0.2) is 4.79 Å². The number of carbonyl (C=O) groups excluding carboxylic acids is 5. The molecule has 0 aliphatic carbocycles. The Morgan fingerprint density at radius 3 is 2.15 bits per heavy atom. The molecule has 3 amide bonds. The highest BCUT2D eigenvalue weighted by atomic mass is 32.1. The number of methoxy groups -OCH3 is 1. The third kappa shape index (κ3) is 10.2. The molecule has 0 saturated heterocycles. The maximum Gasteiger partial charge on any atom is 0.408 e. The molecular formula is C23H33N3O7S. The number of hydrogen-bond donors (Lipinski definition) is 4. The molecule has 188 valence electrons. The predicted molar refractivity (Wildman–Crippen MR) is 128 cm³/mol. The van der Waals surface area contributed by atoms with Gasteiger partial charge in [-0.3, -0.25) is 19.2 Å². The van der Waals surface area contributed by atoms with Crippen LogP contribution in [-0.4, -0.2) is 60.6 Å². The van der Waals surface area contributed by atoms with Crippen molar-refractivity contribution < 1.29 is 33.4 Å². The Bertz CT molecular complexity index is 848. The van der Waals surface area contributed by atoms with Gasteiger partial charge in [-0.1, -0.05) is 44.2 Å². The van der Waals surface area contributed by atoms with Crippen LogP contribution in [0.25, 0.3) is 0 Å². The van der Waals surface area contributed by atoms with Crippen molar-refractivity contribution >= 4 is 42.3 Å².